The summed E-state index contributed by atoms with van der Waals surface area (Å²) in [5, 5.41) is 5.41. The molecule has 1 fully saturated rings. The van der Waals surface area contributed by atoms with E-state index in [1.54, 1.807) is 6.20 Å². The molecule has 4 heteroatoms. The van der Waals surface area contributed by atoms with Crippen molar-refractivity contribution >= 4 is 16.5 Å². The van der Waals surface area contributed by atoms with Gasteiger partial charge < -0.3 is 15.2 Å². The molecule has 0 amide bonds. The maximum Gasteiger partial charge on any atom is 0.255 e. The van der Waals surface area contributed by atoms with Gasteiger partial charge in [-0.05, 0) is 68.4 Å². The van der Waals surface area contributed by atoms with Gasteiger partial charge in [-0.3, -0.25) is 4.79 Å². The van der Waals surface area contributed by atoms with Crippen LogP contribution in [0.1, 0.15) is 39.5 Å². The standard InChI is InChI=1S/C19H27N3O/c1-3-22(4-2)17-8-5-15(6-9-17)21-16-7-10-18-14(13-16)11-12-20-19(18)23/h7,10-13,15,17,21H,3-6,8-9H2,1-2H3,(H,20,23). The first-order chi connectivity index (χ1) is 11.2. The van der Waals surface area contributed by atoms with E-state index in [-0.39, 0.29) is 5.56 Å². The topological polar surface area (TPSA) is 48.1 Å². The number of benzene rings is 1. The number of H-pyrrole nitrogens is 1. The van der Waals surface area contributed by atoms with Crippen LogP contribution in [0.3, 0.4) is 0 Å². The molecule has 1 aliphatic carbocycles. The molecule has 0 aliphatic heterocycles. The number of aromatic amines is 1. The number of hydrogen-bond donors (Lipinski definition) is 2. The fourth-order valence-electron chi connectivity index (χ4n) is 3.84. The van der Waals surface area contributed by atoms with Gasteiger partial charge in [0.1, 0.15) is 0 Å². The van der Waals surface area contributed by atoms with Crippen molar-refractivity contribution in [3.05, 3.63) is 40.8 Å². The molecule has 0 atom stereocenters. The molecular formula is C19H27N3O. The maximum atomic E-state index is 11.8. The number of hydrogen-bond acceptors (Lipinski definition) is 3. The van der Waals surface area contributed by atoms with Gasteiger partial charge >= 0.3 is 0 Å². The molecule has 1 aromatic heterocycles. The Morgan fingerprint density at radius 3 is 2.57 bits per heavy atom. The molecule has 124 valence electrons. The van der Waals surface area contributed by atoms with Crippen molar-refractivity contribution in [2.24, 2.45) is 0 Å². The van der Waals surface area contributed by atoms with Gasteiger partial charge in [-0.1, -0.05) is 13.8 Å². The van der Waals surface area contributed by atoms with Crippen molar-refractivity contribution in [1.29, 1.82) is 0 Å². The predicted octanol–water partition coefficient (Wildman–Crippen LogP) is 3.59. The monoisotopic (exact) mass is 313 g/mol. The second kappa shape index (κ2) is 7.18. The molecule has 0 saturated heterocycles. The zero-order chi connectivity index (χ0) is 16.2. The van der Waals surface area contributed by atoms with Crippen LogP contribution in [0.15, 0.2) is 35.3 Å². The molecule has 0 radical (unpaired) electrons. The number of rotatable bonds is 5. The maximum absolute atomic E-state index is 11.8. The summed E-state index contributed by atoms with van der Waals surface area (Å²) < 4.78 is 0. The third-order valence-electron chi connectivity index (χ3n) is 5.17. The lowest BCUT2D eigenvalue weighted by molar-refractivity contribution is 0.167. The number of aromatic nitrogens is 1. The summed E-state index contributed by atoms with van der Waals surface area (Å²) in [6, 6.07) is 9.27. The quantitative estimate of drug-likeness (QED) is 0.887. The lowest BCUT2D eigenvalue weighted by Crippen LogP contribution is -2.40. The van der Waals surface area contributed by atoms with Crippen molar-refractivity contribution in [3.63, 3.8) is 0 Å². The Labute approximate surface area is 137 Å². The Hall–Kier alpha value is -1.81. The number of nitrogens with zero attached hydrogens (tertiary/aromatic N) is 1. The first-order valence-corrected chi connectivity index (χ1v) is 8.83. The van der Waals surface area contributed by atoms with Gasteiger partial charge in [-0.15, -0.1) is 0 Å². The zero-order valence-electron chi connectivity index (χ0n) is 14.1. The molecule has 23 heavy (non-hydrogen) atoms. The summed E-state index contributed by atoms with van der Waals surface area (Å²) in [4.78, 5) is 17.1. The van der Waals surface area contributed by atoms with E-state index in [9.17, 15) is 4.79 Å². The van der Waals surface area contributed by atoms with Gasteiger partial charge in [0.25, 0.3) is 5.56 Å². The van der Waals surface area contributed by atoms with E-state index in [2.05, 4.69) is 35.1 Å². The normalized spacial score (nSPS) is 21.7. The summed E-state index contributed by atoms with van der Waals surface area (Å²) in [6.45, 7) is 6.81. The fraction of sp³-hybridized carbons (Fsp3) is 0.526. The minimum Gasteiger partial charge on any atom is -0.382 e. The van der Waals surface area contributed by atoms with E-state index in [0.717, 1.165) is 35.6 Å². The summed E-state index contributed by atoms with van der Waals surface area (Å²) in [7, 11) is 0. The summed E-state index contributed by atoms with van der Waals surface area (Å²) >= 11 is 0. The van der Waals surface area contributed by atoms with E-state index in [1.807, 2.05) is 18.2 Å². The van der Waals surface area contributed by atoms with Crippen LogP contribution in [0.25, 0.3) is 10.8 Å². The van der Waals surface area contributed by atoms with Gasteiger partial charge in [0.15, 0.2) is 0 Å². The molecule has 1 saturated carbocycles. The highest BCUT2D eigenvalue weighted by Crippen LogP contribution is 2.26. The first kappa shape index (κ1) is 16.1. The lowest BCUT2D eigenvalue weighted by atomic mass is 9.90. The van der Waals surface area contributed by atoms with Crippen molar-refractivity contribution in [3.8, 4) is 0 Å². The fourth-order valence-corrected chi connectivity index (χ4v) is 3.84. The van der Waals surface area contributed by atoms with Crippen LogP contribution < -0.4 is 10.9 Å². The molecule has 3 rings (SSSR count). The third kappa shape index (κ3) is 3.58. The number of pyridine rings is 1. The Morgan fingerprint density at radius 2 is 1.87 bits per heavy atom. The lowest BCUT2D eigenvalue weighted by Gasteiger charge is -2.36. The zero-order valence-corrected chi connectivity index (χ0v) is 14.1. The Kier molecular flexibility index (Phi) is 5.01. The Bertz CT molecular complexity index is 697. The van der Waals surface area contributed by atoms with Crippen molar-refractivity contribution in [2.45, 2.75) is 51.6 Å². The molecule has 1 aromatic carbocycles. The summed E-state index contributed by atoms with van der Waals surface area (Å²) in [6.07, 6.45) is 6.69. The molecular weight excluding hydrogens is 286 g/mol. The van der Waals surface area contributed by atoms with E-state index in [4.69, 9.17) is 0 Å². The largest absolute Gasteiger partial charge is 0.382 e. The predicted molar refractivity (Wildman–Crippen MR) is 97.2 cm³/mol. The first-order valence-electron chi connectivity index (χ1n) is 8.83. The van der Waals surface area contributed by atoms with Gasteiger partial charge in [0.05, 0.1) is 0 Å². The molecule has 1 aliphatic rings. The average Bonchev–Trinajstić information content (AvgIpc) is 2.58. The molecule has 0 bridgehead atoms. The van der Waals surface area contributed by atoms with Crippen LogP contribution >= 0.6 is 0 Å². The minimum absolute atomic E-state index is 0.0196. The average molecular weight is 313 g/mol. The van der Waals surface area contributed by atoms with Crippen LogP contribution in [0.4, 0.5) is 5.69 Å². The van der Waals surface area contributed by atoms with Crippen LogP contribution in [0.5, 0.6) is 0 Å². The number of anilines is 1. The van der Waals surface area contributed by atoms with Crippen molar-refractivity contribution in [1.82, 2.24) is 9.88 Å². The third-order valence-corrected chi connectivity index (χ3v) is 5.17. The van der Waals surface area contributed by atoms with Crippen LogP contribution in [-0.4, -0.2) is 35.1 Å². The van der Waals surface area contributed by atoms with Crippen LogP contribution in [-0.2, 0) is 0 Å². The molecule has 4 nitrogen and oxygen atoms in total. The van der Waals surface area contributed by atoms with Crippen molar-refractivity contribution < 1.29 is 0 Å². The van der Waals surface area contributed by atoms with Crippen molar-refractivity contribution in [2.75, 3.05) is 18.4 Å². The van der Waals surface area contributed by atoms with E-state index in [0.29, 0.717) is 6.04 Å². The Balaban J connectivity index is 1.64. The number of nitrogens with one attached hydrogen (secondary N) is 2. The molecule has 0 unspecified atom stereocenters. The smallest absolute Gasteiger partial charge is 0.255 e. The molecule has 2 aromatic rings. The summed E-state index contributed by atoms with van der Waals surface area (Å²) in [5.41, 5.74) is 1.10. The minimum atomic E-state index is -0.0196. The molecule has 1 heterocycles. The van der Waals surface area contributed by atoms with E-state index in [1.165, 1.54) is 25.7 Å². The highest BCUT2D eigenvalue weighted by atomic mass is 16.1. The highest BCUT2D eigenvalue weighted by Gasteiger charge is 2.24. The van der Waals surface area contributed by atoms with Gasteiger partial charge in [0, 0.05) is 29.4 Å². The number of fused-ring (bicyclic) bond motifs is 1. The summed E-state index contributed by atoms with van der Waals surface area (Å²) in [5.74, 6) is 0. The van der Waals surface area contributed by atoms with E-state index >= 15 is 0 Å². The molecule has 0 spiro atoms. The second-order valence-electron chi connectivity index (χ2n) is 6.48. The molecule has 2 N–H and O–H groups in total. The Morgan fingerprint density at radius 1 is 1.13 bits per heavy atom. The van der Waals surface area contributed by atoms with Crippen LogP contribution in [0.2, 0.25) is 0 Å². The second-order valence-corrected chi connectivity index (χ2v) is 6.48. The van der Waals surface area contributed by atoms with Gasteiger partial charge in [-0.2, -0.15) is 0 Å². The van der Waals surface area contributed by atoms with E-state index < -0.39 is 0 Å². The SMILES string of the molecule is CCN(CC)C1CCC(Nc2ccc3c(=O)[nH]ccc3c2)CC1. The van der Waals surface area contributed by atoms with Crippen LogP contribution in [0, 0.1) is 0 Å². The van der Waals surface area contributed by atoms with Gasteiger partial charge in [-0.25, -0.2) is 0 Å². The van der Waals surface area contributed by atoms with Gasteiger partial charge in [0.2, 0.25) is 0 Å². The highest BCUT2D eigenvalue weighted by molar-refractivity contribution is 5.84.